The summed E-state index contributed by atoms with van der Waals surface area (Å²) < 4.78 is 26.7. The van der Waals surface area contributed by atoms with Gasteiger partial charge < -0.3 is 5.73 Å². The minimum atomic E-state index is -3.60. The van der Waals surface area contributed by atoms with Gasteiger partial charge in [-0.3, -0.25) is 0 Å². The zero-order valence-electron chi connectivity index (χ0n) is 10.8. The van der Waals surface area contributed by atoms with Crippen LogP contribution in [-0.4, -0.2) is 15.0 Å². The Hall–Kier alpha value is -0.780. The van der Waals surface area contributed by atoms with Crippen molar-refractivity contribution in [2.75, 3.05) is 12.3 Å². The van der Waals surface area contributed by atoms with Crippen molar-refractivity contribution in [2.45, 2.75) is 25.7 Å². The van der Waals surface area contributed by atoms with Gasteiger partial charge in [0.05, 0.1) is 5.02 Å². The van der Waals surface area contributed by atoms with Crippen LogP contribution < -0.4 is 10.5 Å². The predicted molar refractivity (Wildman–Crippen MR) is 75.1 cm³/mol. The average Bonchev–Trinajstić information content (AvgIpc) is 2.29. The average molecular weight is 291 g/mol. The second-order valence-electron chi connectivity index (χ2n) is 4.76. The summed E-state index contributed by atoms with van der Waals surface area (Å²) in [5, 5.41) is 0.175. The van der Waals surface area contributed by atoms with Gasteiger partial charge in [0.25, 0.3) is 0 Å². The zero-order chi connectivity index (χ0) is 13.9. The van der Waals surface area contributed by atoms with Gasteiger partial charge in [-0.1, -0.05) is 32.4 Å². The summed E-state index contributed by atoms with van der Waals surface area (Å²) in [6, 6.07) is 4.42. The van der Waals surface area contributed by atoms with E-state index < -0.39 is 10.0 Å². The van der Waals surface area contributed by atoms with Gasteiger partial charge in [0.15, 0.2) is 0 Å². The Labute approximate surface area is 114 Å². The minimum absolute atomic E-state index is 0.0279. The van der Waals surface area contributed by atoms with E-state index in [1.165, 1.54) is 12.1 Å². The Balaban J connectivity index is 2.90. The first-order chi connectivity index (χ1) is 8.24. The number of sulfonamides is 1. The normalized spacial score (nSPS) is 13.8. The van der Waals surface area contributed by atoms with E-state index in [4.69, 9.17) is 17.3 Å². The van der Waals surface area contributed by atoms with E-state index in [0.29, 0.717) is 18.2 Å². The summed E-state index contributed by atoms with van der Waals surface area (Å²) in [5.74, 6) is 0.656. The maximum atomic E-state index is 12.1. The van der Waals surface area contributed by atoms with E-state index in [2.05, 4.69) is 4.72 Å². The van der Waals surface area contributed by atoms with E-state index in [9.17, 15) is 8.42 Å². The second-order valence-corrected chi connectivity index (χ2v) is 6.91. The Morgan fingerprint density at radius 2 is 1.94 bits per heavy atom. The van der Waals surface area contributed by atoms with Crippen molar-refractivity contribution >= 4 is 27.3 Å². The number of halogens is 1. The van der Waals surface area contributed by atoms with Crippen LogP contribution in [0, 0.1) is 11.8 Å². The van der Waals surface area contributed by atoms with Crippen LogP contribution in [0.15, 0.2) is 23.1 Å². The highest BCUT2D eigenvalue weighted by molar-refractivity contribution is 7.89. The van der Waals surface area contributed by atoms with Crippen LogP contribution in [0.25, 0.3) is 0 Å². The van der Waals surface area contributed by atoms with Gasteiger partial charge >= 0.3 is 0 Å². The molecule has 0 bridgehead atoms. The fourth-order valence-electron chi connectivity index (χ4n) is 1.28. The van der Waals surface area contributed by atoms with E-state index in [0.717, 1.165) is 0 Å². The molecule has 0 spiro atoms. The van der Waals surface area contributed by atoms with Crippen LogP contribution in [0.2, 0.25) is 5.02 Å². The SMILES string of the molecule is CC(C)C(C)CNS(=O)(=O)c1cc(N)ccc1Cl. The third kappa shape index (κ3) is 3.86. The molecule has 0 saturated heterocycles. The number of anilines is 1. The quantitative estimate of drug-likeness (QED) is 0.818. The van der Waals surface area contributed by atoms with Crippen molar-refractivity contribution < 1.29 is 8.42 Å². The smallest absolute Gasteiger partial charge is 0.242 e. The zero-order valence-corrected chi connectivity index (χ0v) is 12.3. The van der Waals surface area contributed by atoms with Crippen molar-refractivity contribution in [3.63, 3.8) is 0 Å². The van der Waals surface area contributed by atoms with Crippen LogP contribution in [0.3, 0.4) is 0 Å². The lowest BCUT2D eigenvalue weighted by Crippen LogP contribution is -2.30. The molecule has 4 nitrogen and oxygen atoms in total. The van der Waals surface area contributed by atoms with Crippen LogP contribution in [0.4, 0.5) is 5.69 Å². The highest BCUT2D eigenvalue weighted by Gasteiger charge is 2.19. The molecule has 0 amide bonds. The van der Waals surface area contributed by atoms with Crippen LogP contribution in [0.1, 0.15) is 20.8 Å². The van der Waals surface area contributed by atoms with Crippen molar-refractivity contribution in [1.82, 2.24) is 4.72 Å². The van der Waals surface area contributed by atoms with Gasteiger partial charge in [-0.15, -0.1) is 0 Å². The Morgan fingerprint density at radius 3 is 2.50 bits per heavy atom. The molecule has 0 heterocycles. The number of rotatable bonds is 5. The lowest BCUT2D eigenvalue weighted by atomic mass is 9.99. The highest BCUT2D eigenvalue weighted by Crippen LogP contribution is 2.23. The van der Waals surface area contributed by atoms with Crippen molar-refractivity contribution in [1.29, 1.82) is 0 Å². The first kappa shape index (κ1) is 15.3. The molecule has 102 valence electrons. The lowest BCUT2D eigenvalue weighted by Gasteiger charge is -2.16. The summed E-state index contributed by atoms with van der Waals surface area (Å²) in [5.41, 5.74) is 5.95. The summed E-state index contributed by atoms with van der Waals surface area (Å²) in [4.78, 5) is 0.0279. The van der Waals surface area contributed by atoms with E-state index >= 15 is 0 Å². The summed E-state index contributed by atoms with van der Waals surface area (Å²) in [6.07, 6.45) is 0. The fourth-order valence-corrected chi connectivity index (χ4v) is 2.96. The molecule has 0 fully saturated rings. The molecule has 1 aromatic rings. The number of nitrogens with two attached hydrogens (primary N) is 1. The molecule has 0 radical (unpaired) electrons. The molecule has 0 aliphatic rings. The molecule has 0 aromatic heterocycles. The molecule has 0 aliphatic heterocycles. The first-order valence-corrected chi connectivity index (χ1v) is 7.65. The Bertz CT molecular complexity index is 515. The molecule has 1 unspecified atom stereocenters. The molecule has 1 rings (SSSR count). The third-order valence-electron chi connectivity index (χ3n) is 2.98. The number of hydrogen-bond acceptors (Lipinski definition) is 3. The molecule has 1 aromatic carbocycles. The maximum absolute atomic E-state index is 12.1. The van der Waals surface area contributed by atoms with Gasteiger partial charge in [-0.05, 0) is 30.0 Å². The van der Waals surface area contributed by atoms with E-state index in [1.54, 1.807) is 6.07 Å². The van der Waals surface area contributed by atoms with Gasteiger partial charge in [0.2, 0.25) is 10.0 Å². The lowest BCUT2D eigenvalue weighted by molar-refractivity contribution is 0.414. The van der Waals surface area contributed by atoms with Gasteiger partial charge in [0.1, 0.15) is 4.90 Å². The topological polar surface area (TPSA) is 72.2 Å². The number of nitrogens with one attached hydrogen (secondary N) is 1. The van der Waals surface area contributed by atoms with Crippen molar-refractivity contribution in [3.05, 3.63) is 23.2 Å². The summed E-state index contributed by atoms with van der Waals surface area (Å²) in [7, 11) is -3.60. The minimum Gasteiger partial charge on any atom is -0.399 e. The first-order valence-electron chi connectivity index (χ1n) is 5.78. The van der Waals surface area contributed by atoms with Crippen LogP contribution >= 0.6 is 11.6 Å². The third-order valence-corrected chi connectivity index (χ3v) is 4.88. The van der Waals surface area contributed by atoms with Crippen molar-refractivity contribution in [2.24, 2.45) is 11.8 Å². The monoisotopic (exact) mass is 290 g/mol. The maximum Gasteiger partial charge on any atom is 0.242 e. The molecule has 3 N–H and O–H groups in total. The second kappa shape index (κ2) is 5.91. The standard InChI is InChI=1S/C12H19ClN2O2S/c1-8(2)9(3)7-15-18(16,17)12-6-10(14)4-5-11(12)13/h4-6,8-9,15H,7,14H2,1-3H3. The number of nitrogen functional groups attached to an aromatic ring is 1. The fraction of sp³-hybridized carbons (Fsp3) is 0.500. The molecular formula is C12H19ClN2O2S. The van der Waals surface area contributed by atoms with Gasteiger partial charge in [-0.25, -0.2) is 13.1 Å². The van der Waals surface area contributed by atoms with Gasteiger partial charge in [-0.2, -0.15) is 0 Å². The molecule has 0 aliphatic carbocycles. The van der Waals surface area contributed by atoms with Crippen LogP contribution in [0.5, 0.6) is 0 Å². The number of benzene rings is 1. The Morgan fingerprint density at radius 1 is 1.33 bits per heavy atom. The predicted octanol–water partition coefficient (Wildman–Crippen LogP) is 2.49. The van der Waals surface area contributed by atoms with Crippen LogP contribution in [-0.2, 0) is 10.0 Å². The molecular weight excluding hydrogens is 272 g/mol. The van der Waals surface area contributed by atoms with E-state index in [1.807, 2.05) is 20.8 Å². The highest BCUT2D eigenvalue weighted by atomic mass is 35.5. The number of hydrogen-bond donors (Lipinski definition) is 2. The molecule has 0 saturated carbocycles. The Kier molecular flexibility index (Phi) is 5.01. The summed E-state index contributed by atoms with van der Waals surface area (Å²) >= 11 is 5.88. The largest absolute Gasteiger partial charge is 0.399 e. The summed E-state index contributed by atoms with van der Waals surface area (Å²) in [6.45, 7) is 6.47. The molecule has 18 heavy (non-hydrogen) atoms. The van der Waals surface area contributed by atoms with Crippen molar-refractivity contribution in [3.8, 4) is 0 Å². The molecule has 6 heteroatoms. The molecule has 1 atom stereocenters. The van der Waals surface area contributed by atoms with Gasteiger partial charge in [0, 0.05) is 12.2 Å². The van der Waals surface area contributed by atoms with E-state index in [-0.39, 0.29) is 15.8 Å².